The molecule has 1 aromatic carbocycles. The van der Waals surface area contributed by atoms with Crippen molar-refractivity contribution in [3.05, 3.63) is 41.4 Å². The lowest BCUT2D eigenvalue weighted by molar-refractivity contribution is 0.102. The van der Waals surface area contributed by atoms with E-state index in [1.807, 2.05) is 0 Å². The van der Waals surface area contributed by atoms with E-state index in [0.29, 0.717) is 5.13 Å². The maximum Gasteiger partial charge on any atom is 0.257 e. The number of thiazole rings is 1. The maximum absolute atomic E-state index is 12.1. The first kappa shape index (κ1) is 15.6. The minimum absolute atomic E-state index is 0.0583. The molecular weight excluding hydrogens is 310 g/mol. The monoisotopic (exact) mass is 325 g/mol. The zero-order valence-electron chi connectivity index (χ0n) is 11.5. The van der Waals surface area contributed by atoms with Crippen molar-refractivity contribution in [1.82, 2.24) is 9.71 Å². The number of amides is 1. The number of hydrogen-bond acceptors (Lipinski definition) is 5. The van der Waals surface area contributed by atoms with E-state index in [9.17, 15) is 13.2 Å². The zero-order valence-corrected chi connectivity index (χ0v) is 13.2. The molecule has 0 radical (unpaired) electrons. The second kappa shape index (κ2) is 6.33. The van der Waals surface area contributed by atoms with Crippen molar-refractivity contribution in [3.63, 3.8) is 0 Å². The normalized spacial score (nSPS) is 11.6. The Morgan fingerprint density at radius 3 is 2.71 bits per heavy atom. The first-order valence-corrected chi connectivity index (χ1v) is 8.58. The van der Waals surface area contributed by atoms with Crippen LogP contribution in [-0.2, 0) is 10.0 Å². The minimum Gasteiger partial charge on any atom is -0.298 e. The molecule has 0 aliphatic heterocycles. The Balaban J connectivity index is 2.23. The quantitative estimate of drug-likeness (QED) is 0.881. The number of nitrogens with zero attached hydrogens (tertiary/aromatic N) is 1. The summed E-state index contributed by atoms with van der Waals surface area (Å²) >= 11 is 1.29. The second-order valence-electron chi connectivity index (χ2n) is 4.60. The van der Waals surface area contributed by atoms with E-state index >= 15 is 0 Å². The van der Waals surface area contributed by atoms with Crippen LogP contribution in [0.25, 0.3) is 0 Å². The van der Waals surface area contributed by atoms with Crippen molar-refractivity contribution in [2.45, 2.75) is 24.8 Å². The van der Waals surface area contributed by atoms with Crippen molar-refractivity contribution in [3.8, 4) is 0 Å². The second-order valence-corrected chi connectivity index (χ2v) is 7.20. The third-order valence-electron chi connectivity index (χ3n) is 2.45. The lowest BCUT2D eigenvalue weighted by atomic mass is 10.2. The Morgan fingerprint density at radius 1 is 1.33 bits per heavy atom. The van der Waals surface area contributed by atoms with Gasteiger partial charge in [0, 0.05) is 23.2 Å². The van der Waals surface area contributed by atoms with Crippen molar-refractivity contribution in [1.29, 1.82) is 0 Å². The highest BCUT2D eigenvalue weighted by molar-refractivity contribution is 7.89. The van der Waals surface area contributed by atoms with E-state index in [2.05, 4.69) is 15.0 Å². The maximum atomic E-state index is 12.1. The van der Waals surface area contributed by atoms with Crippen LogP contribution in [0.4, 0.5) is 5.13 Å². The third kappa shape index (κ3) is 4.10. The summed E-state index contributed by atoms with van der Waals surface area (Å²) in [5.74, 6) is -0.397. The predicted octanol–water partition coefficient (Wildman–Crippen LogP) is 2.08. The molecular formula is C13H15N3O3S2. The third-order valence-corrected chi connectivity index (χ3v) is 4.79. The largest absolute Gasteiger partial charge is 0.298 e. The van der Waals surface area contributed by atoms with Crippen molar-refractivity contribution in [2.24, 2.45) is 0 Å². The molecule has 8 heteroatoms. The summed E-state index contributed by atoms with van der Waals surface area (Å²) in [5, 5.41) is 4.82. The molecule has 0 bridgehead atoms. The fourth-order valence-corrected chi connectivity index (χ4v) is 3.46. The van der Waals surface area contributed by atoms with E-state index in [1.165, 1.54) is 29.5 Å². The molecule has 1 amide bonds. The number of aromatic nitrogens is 1. The van der Waals surface area contributed by atoms with Crippen LogP contribution in [0.3, 0.4) is 0 Å². The Labute approximate surface area is 127 Å². The van der Waals surface area contributed by atoms with Gasteiger partial charge in [-0.15, -0.1) is 11.3 Å². The molecule has 0 saturated heterocycles. The fourth-order valence-electron chi connectivity index (χ4n) is 1.64. The zero-order chi connectivity index (χ0) is 15.5. The van der Waals surface area contributed by atoms with Crippen molar-refractivity contribution >= 4 is 32.4 Å². The SMILES string of the molecule is CC(C)NS(=O)(=O)c1cccc(C(=O)Nc2nccs2)c1. The first-order valence-electron chi connectivity index (χ1n) is 6.22. The van der Waals surface area contributed by atoms with Crippen LogP contribution in [0, 0.1) is 0 Å². The summed E-state index contributed by atoms with van der Waals surface area (Å²) in [6.45, 7) is 3.47. The van der Waals surface area contributed by atoms with Gasteiger partial charge in [0.15, 0.2) is 5.13 Å². The topological polar surface area (TPSA) is 88.2 Å². The molecule has 2 aromatic rings. The predicted molar refractivity (Wildman–Crippen MR) is 82.0 cm³/mol. The molecule has 2 rings (SSSR count). The van der Waals surface area contributed by atoms with Crippen LogP contribution in [0.5, 0.6) is 0 Å². The molecule has 1 heterocycles. The Kier molecular flexibility index (Phi) is 4.71. The molecule has 0 fully saturated rings. The minimum atomic E-state index is -3.62. The van der Waals surface area contributed by atoms with Gasteiger partial charge in [-0.25, -0.2) is 18.1 Å². The molecule has 1 aromatic heterocycles. The Bertz CT molecular complexity index is 725. The van der Waals surface area contributed by atoms with Crippen LogP contribution < -0.4 is 10.0 Å². The summed E-state index contributed by atoms with van der Waals surface area (Å²) in [7, 11) is -3.62. The number of carbonyl (C=O) groups excluding carboxylic acids is 1. The molecule has 0 aliphatic rings. The van der Waals surface area contributed by atoms with Crippen LogP contribution >= 0.6 is 11.3 Å². The highest BCUT2D eigenvalue weighted by atomic mass is 32.2. The molecule has 21 heavy (non-hydrogen) atoms. The van der Waals surface area contributed by atoms with Crippen molar-refractivity contribution in [2.75, 3.05) is 5.32 Å². The number of carbonyl (C=O) groups is 1. The highest BCUT2D eigenvalue weighted by Gasteiger charge is 2.17. The molecule has 6 nitrogen and oxygen atoms in total. The van der Waals surface area contributed by atoms with Crippen molar-refractivity contribution < 1.29 is 13.2 Å². The molecule has 112 valence electrons. The molecule has 0 aliphatic carbocycles. The fraction of sp³-hybridized carbons (Fsp3) is 0.231. The van der Waals surface area contributed by atoms with Gasteiger partial charge in [0.05, 0.1) is 4.90 Å². The summed E-state index contributed by atoms with van der Waals surface area (Å²) in [5.41, 5.74) is 0.261. The number of nitrogens with one attached hydrogen (secondary N) is 2. The summed E-state index contributed by atoms with van der Waals surface area (Å²) in [4.78, 5) is 16.1. The van der Waals surface area contributed by atoms with Gasteiger partial charge in [-0.3, -0.25) is 10.1 Å². The molecule has 0 saturated carbocycles. The summed E-state index contributed by atoms with van der Waals surface area (Å²) in [6.07, 6.45) is 1.58. The Hall–Kier alpha value is -1.77. The van der Waals surface area contributed by atoms with Gasteiger partial charge in [-0.1, -0.05) is 6.07 Å². The number of sulfonamides is 1. The Morgan fingerprint density at radius 2 is 2.10 bits per heavy atom. The summed E-state index contributed by atoms with van der Waals surface area (Å²) < 4.78 is 26.6. The highest BCUT2D eigenvalue weighted by Crippen LogP contribution is 2.15. The lowest BCUT2D eigenvalue weighted by Gasteiger charge is -2.10. The number of hydrogen-bond donors (Lipinski definition) is 2. The van der Waals surface area contributed by atoms with Gasteiger partial charge in [-0.2, -0.15) is 0 Å². The van der Waals surface area contributed by atoms with Crippen LogP contribution in [0.15, 0.2) is 40.7 Å². The van der Waals surface area contributed by atoms with Gasteiger partial charge in [-0.05, 0) is 32.0 Å². The number of rotatable bonds is 5. The van der Waals surface area contributed by atoms with Crippen LogP contribution in [0.2, 0.25) is 0 Å². The number of anilines is 1. The molecule has 0 spiro atoms. The molecule has 0 unspecified atom stereocenters. The van der Waals surface area contributed by atoms with E-state index in [-0.39, 0.29) is 16.5 Å². The standard InChI is InChI=1S/C13H15N3O3S2/c1-9(2)16-21(18,19)11-5-3-4-10(8-11)12(17)15-13-14-6-7-20-13/h3-9,16H,1-2H3,(H,14,15,17). The van der Waals surface area contributed by atoms with Gasteiger partial charge < -0.3 is 0 Å². The van der Waals surface area contributed by atoms with E-state index in [1.54, 1.807) is 31.5 Å². The molecule has 0 atom stereocenters. The molecule has 2 N–H and O–H groups in total. The average molecular weight is 325 g/mol. The first-order chi connectivity index (χ1) is 9.88. The smallest absolute Gasteiger partial charge is 0.257 e. The number of benzene rings is 1. The van der Waals surface area contributed by atoms with Gasteiger partial charge in [0.1, 0.15) is 0 Å². The van der Waals surface area contributed by atoms with Crippen LogP contribution in [-0.4, -0.2) is 25.4 Å². The van der Waals surface area contributed by atoms with Gasteiger partial charge >= 0.3 is 0 Å². The van der Waals surface area contributed by atoms with E-state index in [0.717, 1.165) is 0 Å². The average Bonchev–Trinajstić information content (AvgIpc) is 2.90. The van der Waals surface area contributed by atoms with Crippen LogP contribution in [0.1, 0.15) is 24.2 Å². The van der Waals surface area contributed by atoms with Gasteiger partial charge in [0.2, 0.25) is 10.0 Å². The van der Waals surface area contributed by atoms with Gasteiger partial charge in [0.25, 0.3) is 5.91 Å². The summed E-state index contributed by atoms with van der Waals surface area (Å²) in [6, 6.07) is 5.66. The lowest BCUT2D eigenvalue weighted by Crippen LogP contribution is -2.30. The van der Waals surface area contributed by atoms with E-state index < -0.39 is 15.9 Å². The van der Waals surface area contributed by atoms with E-state index in [4.69, 9.17) is 0 Å².